The summed E-state index contributed by atoms with van der Waals surface area (Å²) in [5.74, 6) is 0. The Kier molecular flexibility index (Phi) is 10.6. The standard InChI is InChI=1S/C48H44Br2P4/c1-29-31(3)43(45-33(5)35(7)47(49)53(45)39-25-17-11-18-26-39)51(37-21-13-9-14-22-37)41(29)42-30(2)32(4)44(52(42)38-23-15-10-16-24-38)46-34(6)36(8)48(50)54(46)40-27-19-12-20-28-40/h9-28H,1-8H3. The van der Waals surface area contributed by atoms with Crippen LogP contribution in [0, 0.1) is 55.4 Å². The van der Waals surface area contributed by atoms with Crippen molar-refractivity contribution >= 4 is 62.0 Å². The molecule has 8 aromatic rings. The van der Waals surface area contributed by atoms with Gasteiger partial charge in [0.25, 0.3) is 0 Å². The van der Waals surface area contributed by atoms with E-state index in [1.165, 1.54) is 74.1 Å². The van der Waals surface area contributed by atoms with Crippen molar-refractivity contribution in [1.29, 1.82) is 0 Å². The van der Waals surface area contributed by atoms with Crippen LogP contribution in [0.2, 0.25) is 0 Å². The van der Waals surface area contributed by atoms with E-state index in [0.29, 0.717) is 0 Å². The molecule has 6 heteroatoms. The van der Waals surface area contributed by atoms with Crippen LogP contribution in [-0.2, 0) is 0 Å². The molecule has 0 radical (unpaired) electrons. The summed E-state index contributed by atoms with van der Waals surface area (Å²) in [4.78, 5) is 0. The van der Waals surface area contributed by atoms with Crippen LogP contribution in [0.15, 0.2) is 130 Å². The van der Waals surface area contributed by atoms with Crippen molar-refractivity contribution in [2.75, 3.05) is 0 Å². The molecule has 54 heavy (non-hydrogen) atoms. The molecule has 4 heterocycles. The highest BCUT2D eigenvalue weighted by Gasteiger charge is 2.34. The lowest BCUT2D eigenvalue weighted by Gasteiger charge is -2.17. The maximum atomic E-state index is 4.18. The smallest absolute Gasteiger partial charge is 0.0450 e. The van der Waals surface area contributed by atoms with Gasteiger partial charge in [-0.15, -0.1) is 0 Å². The monoisotopic (exact) mass is 902 g/mol. The first-order valence-corrected chi connectivity index (χ1v) is 25.4. The van der Waals surface area contributed by atoms with Crippen molar-refractivity contribution in [2.45, 2.75) is 55.4 Å². The normalized spacial score (nSPS) is 12.9. The lowest BCUT2D eigenvalue weighted by atomic mass is 10.0. The Hall–Kier alpha value is -3.04. The van der Waals surface area contributed by atoms with Crippen molar-refractivity contribution in [2.24, 2.45) is 0 Å². The molecule has 0 aliphatic carbocycles. The minimum atomic E-state index is -0.856. The Morgan fingerprint density at radius 3 is 0.685 bits per heavy atom. The fourth-order valence-electron chi connectivity index (χ4n) is 8.15. The molecule has 0 spiro atoms. The quantitative estimate of drug-likeness (QED) is 0.149. The zero-order valence-corrected chi connectivity index (χ0v) is 38.8. The number of hydrogen-bond acceptors (Lipinski definition) is 0. The first-order chi connectivity index (χ1) is 26.0. The fourth-order valence-corrected chi connectivity index (χ4v) is 23.9. The van der Waals surface area contributed by atoms with Crippen LogP contribution in [-0.4, -0.2) is 0 Å². The first-order valence-electron chi connectivity index (χ1n) is 18.5. The molecule has 0 bridgehead atoms. The van der Waals surface area contributed by atoms with Crippen molar-refractivity contribution in [3.8, 4) is 53.0 Å². The van der Waals surface area contributed by atoms with Gasteiger partial charge in [0.2, 0.25) is 0 Å². The van der Waals surface area contributed by atoms with Crippen LogP contribution in [0.1, 0.15) is 44.5 Å². The fraction of sp³-hybridized carbons (Fsp3) is 0.167. The van der Waals surface area contributed by atoms with Gasteiger partial charge in [-0.2, -0.15) is 0 Å². The highest BCUT2D eigenvalue weighted by atomic mass is 79.9. The van der Waals surface area contributed by atoms with Crippen LogP contribution in [0.25, 0.3) is 53.0 Å². The highest BCUT2D eigenvalue weighted by molar-refractivity contribution is 9.11. The second kappa shape index (κ2) is 15.1. The Labute approximate surface area is 342 Å². The highest BCUT2D eigenvalue weighted by Crippen LogP contribution is 2.74. The zero-order chi connectivity index (χ0) is 38.0. The third-order valence-corrected chi connectivity index (χ3v) is 26.1. The lowest BCUT2D eigenvalue weighted by Crippen LogP contribution is -1.81. The zero-order valence-electron chi connectivity index (χ0n) is 32.1. The molecule has 8 rings (SSSR count). The molecule has 0 nitrogen and oxygen atoms in total. The van der Waals surface area contributed by atoms with Crippen molar-refractivity contribution in [3.63, 3.8) is 0 Å². The largest absolute Gasteiger partial charge is 0.0760 e. The topological polar surface area (TPSA) is 0 Å². The van der Waals surface area contributed by atoms with Crippen LogP contribution in [0.4, 0.5) is 0 Å². The predicted octanol–water partition coefficient (Wildman–Crippen LogP) is 18.6. The summed E-state index contributed by atoms with van der Waals surface area (Å²) in [5.41, 5.74) is 11.5. The Bertz CT molecular complexity index is 2490. The Balaban J connectivity index is 1.55. The molecular weight excluding hydrogens is 860 g/mol. The average molecular weight is 905 g/mol. The van der Waals surface area contributed by atoms with E-state index in [0.717, 1.165) is 0 Å². The van der Waals surface area contributed by atoms with Gasteiger partial charge in [-0.05, 0) is 153 Å². The van der Waals surface area contributed by atoms with Crippen LogP contribution < -0.4 is 0 Å². The minimum absolute atomic E-state index is 0.716. The molecule has 4 aromatic heterocycles. The molecular formula is C48H44Br2P4. The van der Waals surface area contributed by atoms with E-state index in [9.17, 15) is 0 Å². The molecule has 0 saturated carbocycles. The van der Waals surface area contributed by atoms with Crippen molar-refractivity contribution in [1.82, 2.24) is 0 Å². The molecule has 4 atom stereocenters. The molecule has 0 saturated heterocycles. The second-order valence-electron chi connectivity index (χ2n) is 14.4. The first kappa shape index (κ1) is 37.9. The van der Waals surface area contributed by atoms with Crippen LogP contribution in [0.3, 0.4) is 0 Å². The number of rotatable bonds is 7. The van der Waals surface area contributed by atoms with E-state index in [2.05, 4.69) is 209 Å². The maximum Gasteiger partial charge on any atom is 0.0450 e. The van der Waals surface area contributed by atoms with Gasteiger partial charge in [-0.3, -0.25) is 0 Å². The van der Waals surface area contributed by atoms with E-state index >= 15 is 0 Å². The third-order valence-electron chi connectivity index (χ3n) is 11.5. The van der Waals surface area contributed by atoms with E-state index in [-0.39, 0.29) is 0 Å². The van der Waals surface area contributed by atoms with Gasteiger partial charge >= 0.3 is 0 Å². The summed E-state index contributed by atoms with van der Waals surface area (Å²) in [6, 6.07) is 45.4. The van der Waals surface area contributed by atoms with Gasteiger partial charge in [0.1, 0.15) is 0 Å². The molecule has 0 aliphatic rings. The summed E-state index contributed by atoms with van der Waals surface area (Å²) in [6.45, 7) is 19.1. The summed E-state index contributed by atoms with van der Waals surface area (Å²) in [5, 5.41) is 15.1. The van der Waals surface area contributed by atoms with Gasteiger partial charge in [0.15, 0.2) is 0 Å². The molecule has 0 amide bonds. The van der Waals surface area contributed by atoms with E-state index in [4.69, 9.17) is 0 Å². The van der Waals surface area contributed by atoms with Crippen molar-refractivity contribution < 1.29 is 0 Å². The molecule has 270 valence electrons. The van der Waals surface area contributed by atoms with Gasteiger partial charge in [0, 0.05) is 40.2 Å². The van der Waals surface area contributed by atoms with E-state index < -0.39 is 30.1 Å². The lowest BCUT2D eigenvalue weighted by molar-refractivity contribution is 1.36. The summed E-state index contributed by atoms with van der Waals surface area (Å²) >= 11 is 8.37. The van der Waals surface area contributed by atoms with Gasteiger partial charge in [-0.1, -0.05) is 151 Å². The summed E-state index contributed by atoms with van der Waals surface area (Å²) in [6.07, 6.45) is 0. The predicted molar refractivity (Wildman–Crippen MR) is 252 cm³/mol. The molecule has 0 N–H and O–H groups in total. The Morgan fingerprint density at radius 1 is 0.259 bits per heavy atom. The van der Waals surface area contributed by atoms with E-state index in [1.807, 2.05) is 0 Å². The molecule has 4 aromatic carbocycles. The third kappa shape index (κ3) is 6.00. The Morgan fingerprint density at radius 2 is 0.444 bits per heavy atom. The molecule has 4 unspecified atom stereocenters. The summed E-state index contributed by atoms with van der Waals surface area (Å²) < 4.78 is 2.72. The van der Waals surface area contributed by atoms with E-state index in [1.54, 1.807) is 31.8 Å². The molecule has 0 aliphatic heterocycles. The maximum absolute atomic E-state index is 4.18. The minimum Gasteiger partial charge on any atom is -0.0760 e. The number of halogens is 2. The summed E-state index contributed by atoms with van der Waals surface area (Å²) in [7, 11) is -3.14. The van der Waals surface area contributed by atoms with Gasteiger partial charge in [0.05, 0.1) is 0 Å². The van der Waals surface area contributed by atoms with Gasteiger partial charge in [-0.25, -0.2) is 0 Å². The van der Waals surface area contributed by atoms with Crippen molar-refractivity contribution in [3.05, 3.63) is 174 Å². The SMILES string of the molecule is Cc1c(C)c(-c2c(C)c(C)c(-c3c(C)c(C)c(-c4c(C)c(C)c(Br)p4-c4ccccc4)p3-c3ccccc3)p2-c2ccccc2)p(-c2ccccc2)c1Br. The van der Waals surface area contributed by atoms with Crippen LogP contribution >= 0.6 is 62.0 Å². The second-order valence-corrected chi connectivity index (χ2v) is 25.5. The average Bonchev–Trinajstić information content (AvgIpc) is 3.78. The molecule has 0 fully saturated rings. The van der Waals surface area contributed by atoms with Crippen LogP contribution in [0.5, 0.6) is 0 Å². The number of benzene rings is 4. The van der Waals surface area contributed by atoms with Gasteiger partial charge < -0.3 is 0 Å². The number of hydrogen-bond donors (Lipinski definition) is 0.